The summed E-state index contributed by atoms with van der Waals surface area (Å²) in [7, 11) is 3.21. The van der Waals surface area contributed by atoms with Gasteiger partial charge in [-0.3, -0.25) is 14.4 Å². The number of hydrogen-bond donors (Lipinski definition) is 0. The molecule has 28 heavy (non-hydrogen) atoms. The molecule has 1 heterocycles. The van der Waals surface area contributed by atoms with E-state index >= 15 is 0 Å². The summed E-state index contributed by atoms with van der Waals surface area (Å²) in [4.78, 5) is 40.0. The molecule has 2 aromatic carbocycles. The zero-order valence-electron chi connectivity index (χ0n) is 15.8. The number of esters is 1. The van der Waals surface area contributed by atoms with Crippen molar-refractivity contribution in [2.45, 2.75) is 12.5 Å². The van der Waals surface area contributed by atoms with Gasteiger partial charge in [0, 0.05) is 26.2 Å². The monoisotopic (exact) mass is 382 g/mol. The van der Waals surface area contributed by atoms with Crippen molar-refractivity contribution in [3.63, 3.8) is 0 Å². The van der Waals surface area contributed by atoms with Crippen molar-refractivity contribution >= 4 is 23.5 Å². The summed E-state index contributed by atoms with van der Waals surface area (Å²) < 4.78 is 10.9. The fourth-order valence-electron chi connectivity index (χ4n) is 2.92. The second kappa shape index (κ2) is 8.56. The molecule has 0 radical (unpaired) electrons. The molecule has 0 saturated carbocycles. The lowest BCUT2D eigenvalue weighted by molar-refractivity contribution is -0.159. The Morgan fingerprint density at radius 2 is 1.79 bits per heavy atom. The lowest BCUT2D eigenvalue weighted by Crippen LogP contribution is -2.40. The van der Waals surface area contributed by atoms with Gasteiger partial charge in [-0.1, -0.05) is 42.5 Å². The van der Waals surface area contributed by atoms with E-state index in [1.807, 2.05) is 12.1 Å². The van der Waals surface area contributed by atoms with Gasteiger partial charge in [-0.15, -0.1) is 0 Å². The van der Waals surface area contributed by atoms with Crippen LogP contribution in [0.3, 0.4) is 0 Å². The van der Waals surface area contributed by atoms with Gasteiger partial charge in [-0.2, -0.15) is 0 Å². The van der Waals surface area contributed by atoms with Gasteiger partial charge < -0.3 is 19.3 Å². The molecular weight excluding hydrogens is 360 g/mol. The van der Waals surface area contributed by atoms with E-state index in [4.69, 9.17) is 9.47 Å². The van der Waals surface area contributed by atoms with Crippen LogP contribution in [0, 0.1) is 0 Å². The number of hydrogen-bond acceptors (Lipinski definition) is 5. The number of carbonyl (C=O) groups is 3. The summed E-state index contributed by atoms with van der Waals surface area (Å²) >= 11 is 0. The van der Waals surface area contributed by atoms with Crippen LogP contribution in [0.2, 0.25) is 0 Å². The highest BCUT2D eigenvalue weighted by Gasteiger charge is 2.29. The highest BCUT2D eigenvalue weighted by molar-refractivity contribution is 5.98. The summed E-state index contributed by atoms with van der Waals surface area (Å²) in [5.41, 5.74) is 1.22. The van der Waals surface area contributed by atoms with Gasteiger partial charge in [-0.25, -0.2) is 0 Å². The van der Waals surface area contributed by atoms with Crippen LogP contribution < -0.4 is 9.64 Å². The molecule has 0 N–H and O–H groups in total. The molecule has 3 rings (SSSR count). The van der Waals surface area contributed by atoms with Crippen LogP contribution in [0.15, 0.2) is 54.6 Å². The SMILES string of the molecule is CN(C)C(=O)[C@H](OC(=O)CCN1C(=O)COc2ccccc21)c1ccccc1. The van der Waals surface area contributed by atoms with Gasteiger partial charge in [0.2, 0.25) is 6.10 Å². The summed E-state index contributed by atoms with van der Waals surface area (Å²) in [5, 5.41) is 0. The molecule has 2 amide bonds. The first-order valence-electron chi connectivity index (χ1n) is 8.95. The molecule has 0 saturated heterocycles. The Bertz CT molecular complexity index is 866. The van der Waals surface area contributed by atoms with Gasteiger partial charge in [0.15, 0.2) is 6.61 Å². The zero-order valence-corrected chi connectivity index (χ0v) is 15.8. The maximum atomic E-state index is 12.5. The Hall–Kier alpha value is -3.35. The number of para-hydroxylation sites is 2. The average Bonchev–Trinajstić information content (AvgIpc) is 2.71. The van der Waals surface area contributed by atoms with E-state index < -0.39 is 12.1 Å². The third-order valence-electron chi connectivity index (χ3n) is 4.36. The molecule has 1 aliphatic rings. The summed E-state index contributed by atoms with van der Waals surface area (Å²) in [6.45, 7) is 0.0769. The minimum atomic E-state index is -1.02. The third kappa shape index (κ3) is 4.31. The highest BCUT2D eigenvalue weighted by atomic mass is 16.5. The maximum Gasteiger partial charge on any atom is 0.308 e. The van der Waals surface area contributed by atoms with Crippen LogP contribution in [0.1, 0.15) is 18.1 Å². The van der Waals surface area contributed by atoms with Crippen LogP contribution in [0.4, 0.5) is 5.69 Å². The number of ether oxygens (including phenoxy) is 2. The van der Waals surface area contributed by atoms with E-state index in [1.54, 1.807) is 56.6 Å². The van der Waals surface area contributed by atoms with Crippen LogP contribution in [0.25, 0.3) is 0 Å². The normalized spacial score (nSPS) is 13.9. The molecule has 1 atom stereocenters. The molecule has 7 nitrogen and oxygen atoms in total. The van der Waals surface area contributed by atoms with Gasteiger partial charge >= 0.3 is 5.97 Å². The quantitative estimate of drug-likeness (QED) is 0.716. The lowest BCUT2D eigenvalue weighted by Gasteiger charge is -2.29. The molecule has 0 aromatic heterocycles. The van der Waals surface area contributed by atoms with Crippen molar-refractivity contribution in [1.82, 2.24) is 4.90 Å². The van der Waals surface area contributed by atoms with Crippen LogP contribution in [-0.4, -0.2) is 49.9 Å². The third-order valence-corrected chi connectivity index (χ3v) is 4.36. The first-order valence-corrected chi connectivity index (χ1v) is 8.95. The predicted octanol–water partition coefficient (Wildman–Crippen LogP) is 2.17. The molecule has 0 unspecified atom stereocenters. The van der Waals surface area contributed by atoms with E-state index in [0.717, 1.165) is 0 Å². The van der Waals surface area contributed by atoms with Gasteiger partial charge in [0.25, 0.3) is 11.8 Å². The Kier molecular flexibility index (Phi) is 5.93. The fraction of sp³-hybridized carbons (Fsp3) is 0.286. The van der Waals surface area contributed by atoms with Crippen molar-refractivity contribution in [3.8, 4) is 5.75 Å². The van der Waals surface area contributed by atoms with Crippen LogP contribution in [0.5, 0.6) is 5.75 Å². The predicted molar refractivity (Wildman–Crippen MR) is 103 cm³/mol. The summed E-state index contributed by atoms with van der Waals surface area (Å²) in [6.07, 6.45) is -1.05. The van der Waals surface area contributed by atoms with Crippen LogP contribution >= 0.6 is 0 Å². The van der Waals surface area contributed by atoms with Gasteiger partial charge in [0.05, 0.1) is 12.1 Å². The molecule has 0 spiro atoms. The van der Waals surface area contributed by atoms with Crippen LogP contribution in [-0.2, 0) is 19.1 Å². The average molecular weight is 382 g/mol. The van der Waals surface area contributed by atoms with E-state index in [-0.39, 0.29) is 31.4 Å². The number of likely N-dealkylation sites (N-methyl/N-ethyl adjacent to an activating group) is 1. The minimum absolute atomic E-state index is 0.0376. The summed E-state index contributed by atoms with van der Waals surface area (Å²) in [6, 6.07) is 16.0. The second-order valence-electron chi connectivity index (χ2n) is 6.57. The van der Waals surface area contributed by atoms with E-state index in [9.17, 15) is 14.4 Å². The van der Waals surface area contributed by atoms with E-state index in [2.05, 4.69) is 0 Å². The number of carbonyl (C=O) groups excluding carboxylic acids is 3. The molecule has 0 bridgehead atoms. The molecule has 2 aromatic rings. The zero-order chi connectivity index (χ0) is 20.1. The minimum Gasteiger partial charge on any atom is -0.482 e. The summed E-state index contributed by atoms with van der Waals surface area (Å²) in [5.74, 6) is -0.510. The number of fused-ring (bicyclic) bond motifs is 1. The van der Waals surface area contributed by atoms with Crippen molar-refractivity contribution in [1.29, 1.82) is 0 Å². The van der Waals surface area contributed by atoms with Crippen molar-refractivity contribution in [3.05, 3.63) is 60.2 Å². The van der Waals surface area contributed by atoms with E-state index in [0.29, 0.717) is 17.0 Å². The van der Waals surface area contributed by atoms with Gasteiger partial charge in [0.1, 0.15) is 5.75 Å². The Balaban J connectivity index is 1.69. The standard InChI is InChI=1S/C21H22N2O5/c1-22(2)21(26)20(15-8-4-3-5-9-15)28-19(25)12-13-23-16-10-6-7-11-17(16)27-14-18(23)24/h3-11,20H,12-14H2,1-2H3/t20-/m1/s1. The van der Waals surface area contributed by atoms with Crippen molar-refractivity contribution in [2.24, 2.45) is 0 Å². The number of anilines is 1. The second-order valence-corrected chi connectivity index (χ2v) is 6.57. The topological polar surface area (TPSA) is 76.2 Å². The number of nitrogens with zero attached hydrogens (tertiary/aromatic N) is 2. The molecule has 0 fully saturated rings. The highest BCUT2D eigenvalue weighted by Crippen LogP contribution is 2.31. The largest absolute Gasteiger partial charge is 0.482 e. The molecular formula is C21H22N2O5. The Morgan fingerprint density at radius 1 is 1.11 bits per heavy atom. The molecule has 146 valence electrons. The maximum absolute atomic E-state index is 12.5. The van der Waals surface area contributed by atoms with Crippen molar-refractivity contribution < 1.29 is 23.9 Å². The first kappa shape index (κ1) is 19.4. The Morgan fingerprint density at radius 3 is 2.50 bits per heavy atom. The Labute approximate surface area is 163 Å². The number of amides is 2. The fourth-order valence-corrected chi connectivity index (χ4v) is 2.92. The van der Waals surface area contributed by atoms with Crippen molar-refractivity contribution in [2.75, 3.05) is 32.1 Å². The number of benzene rings is 2. The number of rotatable bonds is 6. The van der Waals surface area contributed by atoms with E-state index in [1.165, 1.54) is 9.80 Å². The smallest absolute Gasteiger partial charge is 0.308 e. The molecule has 7 heteroatoms. The van der Waals surface area contributed by atoms with Gasteiger partial charge in [-0.05, 0) is 12.1 Å². The first-order chi connectivity index (χ1) is 13.5. The molecule has 0 aliphatic carbocycles. The molecule has 1 aliphatic heterocycles. The lowest BCUT2D eigenvalue weighted by atomic mass is 10.1.